The number of aromatic nitrogens is 3. The highest BCUT2D eigenvalue weighted by Gasteiger charge is 2.10. The molecule has 0 aliphatic heterocycles. The van der Waals surface area contributed by atoms with Crippen LogP contribution in [0.4, 0.5) is 0 Å². The summed E-state index contributed by atoms with van der Waals surface area (Å²) in [5.74, 6) is 1.41. The van der Waals surface area contributed by atoms with Crippen molar-refractivity contribution in [3.63, 3.8) is 0 Å². The van der Waals surface area contributed by atoms with Crippen molar-refractivity contribution in [2.75, 3.05) is 7.11 Å². The number of rotatable bonds is 8. The topological polar surface area (TPSA) is 66.2 Å². The van der Waals surface area contributed by atoms with Gasteiger partial charge in [-0.3, -0.25) is 4.79 Å². The number of aryl methyl sites for hydroxylation is 1. The highest BCUT2D eigenvalue weighted by molar-refractivity contribution is 5.95. The van der Waals surface area contributed by atoms with E-state index in [1.54, 1.807) is 37.6 Å². The number of carbonyl (C=O) groups is 1. The van der Waals surface area contributed by atoms with E-state index in [1.165, 1.54) is 15.8 Å². The van der Waals surface area contributed by atoms with E-state index >= 15 is 0 Å². The summed E-state index contributed by atoms with van der Waals surface area (Å²) in [6, 6.07) is 23.4. The van der Waals surface area contributed by atoms with Crippen molar-refractivity contribution in [3.8, 4) is 22.6 Å². The van der Waals surface area contributed by atoms with Crippen LogP contribution < -0.4 is 9.47 Å². The van der Waals surface area contributed by atoms with Gasteiger partial charge in [0.05, 0.1) is 13.3 Å². The normalized spacial score (nSPS) is 10.6. The van der Waals surface area contributed by atoms with Crippen LogP contribution in [0.3, 0.4) is 0 Å². The van der Waals surface area contributed by atoms with Crippen LogP contribution in [-0.4, -0.2) is 27.9 Å². The van der Waals surface area contributed by atoms with E-state index in [-0.39, 0.29) is 18.9 Å². The van der Waals surface area contributed by atoms with E-state index in [1.807, 2.05) is 24.3 Å². The van der Waals surface area contributed by atoms with Crippen LogP contribution in [0.1, 0.15) is 21.6 Å². The number of hydrogen-bond donors (Lipinski definition) is 0. The van der Waals surface area contributed by atoms with Gasteiger partial charge in [-0.2, -0.15) is 0 Å². The van der Waals surface area contributed by atoms with Gasteiger partial charge < -0.3 is 9.47 Å². The Hall–Kier alpha value is -3.93. The Morgan fingerprint density at radius 2 is 1.48 bits per heavy atom. The summed E-state index contributed by atoms with van der Waals surface area (Å²) in [4.78, 5) is 12.4. The maximum absolute atomic E-state index is 12.4. The second kappa shape index (κ2) is 9.26. The molecule has 0 amide bonds. The molecular weight excluding hydrogens is 390 g/mol. The number of nitrogens with zero attached hydrogens (tertiary/aromatic N) is 3. The van der Waals surface area contributed by atoms with Gasteiger partial charge in [0.1, 0.15) is 30.3 Å². The zero-order valence-electron chi connectivity index (χ0n) is 17.5. The van der Waals surface area contributed by atoms with Gasteiger partial charge in [-0.15, -0.1) is 5.10 Å². The van der Waals surface area contributed by atoms with Gasteiger partial charge in [0, 0.05) is 5.56 Å². The molecule has 0 N–H and O–H groups in total. The average molecular weight is 413 g/mol. The first-order chi connectivity index (χ1) is 15.1. The molecule has 31 heavy (non-hydrogen) atoms. The molecule has 0 saturated carbocycles. The molecule has 0 bridgehead atoms. The fourth-order valence-electron chi connectivity index (χ4n) is 3.14. The third-order valence-electron chi connectivity index (χ3n) is 4.93. The second-order valence-corrected chi connectivity index (χ2v) is 7.24. The highest BCUT2D eigenvalue weighted by Crippen LogP contribution is 2.23. The van der Waals surface area contributed by atoms with E-state index in [2.05, 4.69) is 41.5 Å². The fraction of sp³-hybridized carbons (Fsp3) is 0.160. The van der Waals surface area contributed by atoms with E-state index in [0.717, 1.165) is 11.3 Å². The lowest BCUT2D eigenvalue weighted by Crippen LogP contribution is -2.11. The summed E-state index contributed by atoms with van der Waals surface area (Å²) in [5.41, 5.74) is 4.80. The highest BCUT2D eigenvalue weighted by atomic mass is 16.5. The Bertz CT molecular complexity index is 1150. The fourth-order valence-corrected chi connectivity index (χ4v) is 3.14. The van der Waals surface area contributed by atoms with E-state index in [0.29, 0.717) is 17.0 Å². The minimum absolute atomic E-state index is 0.0493. The lowest BCUT2D eigenvalue weighted by Gasteiger charge is -2.06. The van der Waals surface area contributed by atoms with Crippen LogP contribution in [-0.2, 0) is 13.2 Å². The van der Waals surface area contributed by atoms with Crippen LogP contribution >= 0.6 is 0 Å². The molecule has 0 spiro atoms. The molecule has 0 radical (unpaired) electrons. The maximum atomic E-state index is 12.4. The number of benzene rings is 3. The molecule has 3 aromatic carbocycles. The van der Waals surface area contributed by atoms with E-state index < -0.39 is 0 Å². The molecule has 6 heteroatoms. The first-order valence-electron chi connectivity index (χ1n) is 9.97. The van der Waals surface area contributed by atoms with Gasteiger partial charge in [0.25, 0.3) is 0 Å². The summed E-state index contributed by atoms with van der Waals surface area (Å²) < 4.78 is 12.4. The predicted octanol–water partition coefficient (Wildman–Crippen LogP) is 4.72. The first kappa shape index (κ1) is 20.3. The third-order valence-corrected chi connectivity index (χ3v) is 4.93. The van der Waals surface area contributed by atoms with Crippen molar-refractivity contribution in [2.45, 2.75) is 20.1 Å². The number of carbonyl (C=O) groups excluding carboxylic acids is 1. The molecule has 6 nitrogen and oxygen atoms in total. The van der Waals surface area contributed by atoms with Crippen molar-refractivity contribution >= 4 is 5.78 Å². The number of Topliss-reactive ketones (excluding diaryl/α,β-unsaturated/α-hetero) is 1. The summed E-state index contributed by atoms with van der Waals surface area (Å²) in [5, 5.41) is 8.12. The zero-order valence-corrected chi connectivity index (χ0v) is 17.5. The molecule has 4 aromatic rings. The summed E-state index contributed by atoms with van der Waals surface area (Å²) in [6.45, 7) is 2.47. The minimum Gasteiger partial charge on any atom is -0.497 e. The second-order valence-electron chi connectivity index (χ2n) is 7.24. The quantitative estimate of drug-likeness (QED) is 0.391. The summed E-state index contributed by atoms with van der Waals surface area (Å²) in [6.07, 6.45) is 1.72. The largest absolute Gasteiger partial charge is 0.497 e. The number of methoxy groups -OCH3 is 1. The Kier molecular flexibility index (Phi) is 6.08. The number of ether oxygens (including phenoxy) is 2. The maximum Gasteiger partial charge on any atom is 0.184 e. The molecular formula is C25H23N3O3. The molecule has 4 rings (SSSR count). The first-order valence-corrected chi connectivity index (χ1v) is 9.97. The summed E-state index contributed by atoms with van der Waals surface area (Å²) >= 11 is 0. The molecule has 0 aliphatic carbocycles. The van der Waals surface area contributed by atoms with Crippen LogP contribution in [0.5, 0.6) is 11.5 Å². The van der Waals surface area contributed by atoms with E-state index in [9.17, 15) is 4.79 Å². The Labute approximate surface area is 181 Å². The Morgan fingerprint density at radius 3 is 2.13 bits per heavy atom. The van der Waals surface area contributed by atoms with Gasteiger partial charge in [0.2, 0.25) is 0 Å². The smallest absolute Gasteiger partial charge is 0.184 e. The van der Waals surface area contributed by atoms with Gasteiger partial charge in [-0.25, -0.2) is 4.68 Å². The number of ketones is 1. The molecule has 1 aromatic heterocycles. The monoisotopic (exact) mass is 413 g/mol. The zero-order chi connectivity index (χ0) is 21.6. The lowest BCUT2D eigenvalue weighted by atomic mass is 10.0. The minimum atomic E-state index is -0.0493. The predicted molar refractivity (Wildman–Crippen MR) is 118 cm³/mol. The lowest BCUT2D eigenvalue weighted by molar-refractivity contribution is 0.0967. The molecule has 1 heterocycles. The van der Waals surface area contributed by atoms with Gasteiger partial charge in [-0.1, -0.05) is 47.2 Å². The molecule has 0 atom stereocenters. The van der Waals surface area contributed by atoms with Gasteiger partial charge in [0.15, 0.2) is 5.78 Å². The SMILES string of the molecule is COc1ccc(C(=O)Cn2cc(COc3ccc(-c4ccc(C)cc4)cc3)nn2)cc1. The molecule has 0 fully saturated rings. The number of hydrogen-bond acceptors (Lipinski definition) is 5. The molecule has 0 saturated heterocycles. The average Bonchev–Trinajstić information content (AvgIpc) is 3.26. The van der Waals surface area contributed by atoms with Gasteiger partial charge in [-0.05, 0) is 54.4 Å². The van der Waals surface area contributed by atoms with Crippen LogP contribution in [0.2, 0.25) is 0 Å². The van der Waals surface area contributed by atoms with Gasteiger partial charge >= 0.3 is 0 Å². The van der Waals surface area contributed by atoms with Crippen LogP contribution in [0, 0.1) is 6.92 Å². The summed E-state index contributed by atoms with van der Waals surface area (Å²) in [7, 11) is 1.59. The molecule has 0 aliphatic rings. The van der Waals surface area contributed by atoms with Crippen molar-refractivity contribution in [2.24, 2.45) is 0 Å². The van der Waals surface area contributed by atoms with Crippen LogP contribution in [0.25, 0.3) is 11.1 Å². The van der Waals surface area contributed by atoms with E-state index in [4.69, 9.17) is 9.47 Å². The van der Waals surface area contributed by atoms with Crippen LogP contribution in [0.15, 0.2) is 79.0 Å². The third kappa shape index (κ3) is 5.17. The Morgan fingerprint density at radius 1 is 0.871 bits per heavy atom. The standard InChI is InChI=1S/C25H23N3O3/c1-18-3-5-19(6-4-18)20-7-13-24(14-8-20)31-17-22-15-28(27-26-22)16-25(29)21-9-11-23(30-2)12-10-21/h3-15H,16-17H2,1-2H3. The van der Waals surface area contributed by atoms with Crippen molar-refractivity contribution in [1.82, 2.24) is 15.0 Å². The van der Waals surface area contributed by atoms with Crippen molar-refractivity contribution < 1.29 is 14.3 Å². The van der Waals surface area contributed by atoms with Crippen molar-refractivity contribution in [3.05, 3.63) is 95.8 Å². The van der Waals surface area contributed by atoms with Crippen molar-refractivity contribution in [1.29, 1.82) is 0 Å². The molecule has 156 valence electrons. The molecule has 0 unspecified atom stereocenters. The Balaban J connectivity index is 1.32.